The van der Waals surface area contributed by atoms with E-state index in [1.165, 1.54) is 0 Å². The number of aliphatic hydroxyl groups is 1. The number of esters is 1. The van der Waals surface area contributed by atoms with Gasteiger partial charge in [-0.05, 0) is 31.0 Å². The first kappa shape index (κ1) is 26.8. The molecule has 170 valence electrons. The minimum absolute atomic E-state index is 0. The number of quaternary nitrogens is 1. The predicted octanol–water partition coefficient (Wildman–Crippen LogP) is 0.825. The lowest BCUT2D eigenvalue weighted by atomic mass is 10.0. The molecule has 3 N–H and O–H groups in total. The lowest BCUT2D eigenvalue weighted by molar-refractivity contribution is -0.693. The molecule has 0 aliphatic rings. The smallest absolute Gasteiger partial charge is 0.311 e. The summed E-state index contributed by atoms with van der Waals surface area (Å²) in [6, 6.07) is 16.3. The minimum atomic E-state index is -0.582. The van der Waals surface area contributed by atoms with E-state index >= 15 is 0 Å². The van der Waals surface area contributed by atoms with Gasteiger partial charge in [-0.2, -0.15) is 0 Å². The molecule has 0 heterocycles. The molecule has 0 amide bonds. The average Bonchev–Trinajstić information content (AvgIpc) is 2.76. The van der Waals surface area contributed by atoms with Gasteiger partial charge < -0.3 is 27.6 Å². The van der Waals surface area contributed by atoms with Crippen LogP contribution in [-0.2, 0) is 4.79 Å². The molecule has 2 rings (SSSR count). The van der Waals surface area contributed by atoms with E-state index in [0.29, 0.717) is 30.7 Å². The van der Waals surface area contributed by atoms with Crippen LogP contribution in [0, 0.1) is 0 Å². The monoisotopic (exact) mass is 447 g/mol. The van der Waals surface area contributed by atoms with E-state index in [1.54, 1.807) is 24.3 Å². The number of unbranched alkanes of at least 4 members (excludes halogenated alkanes) is 3. The Hall–Kier alpha value is -2.21. The fourth-order valence-corrected chi connectivity index (χ4v) is 3.32. The van der Waals surface area contributed by atoms with Crippen LogP contribution in [0.2, 0.25) is 0 Å². The molecule has 0 fully saturated rings. The third-order valence-corrected chi connectivity index (χ3v) is 5.17. The number of ether oxygens (including phenoxy) is 1. The molecule has 2 aromatic rings. The van der Waals surface area contributed by atoms with Gasteiger partial charge in [-0.3, -0.25) is 9.59 Å². The summed E-state index contributed by atoms with van der Waals surface area (Å²) in [5, 5.41) is 12.4. The molecule has 0 aliphatic carbocycles. The maximum absolute atomic E-state index is 12.5. The highest BCUT2D eigenvalue weighted by atomic mass is 35.5. The minimum Gasteiger partial charge on any atom is -1.00 e. The molecule has 2 unspecified atom stereocenters. The molecule has 31 heavy (non-hydrogen) atoms. The van der Waals surface area contributed by atoms with Crippen LogP contribution < -0.4 is 22.5 Å². The Bertz CT molecular complexity index is 797. The van der Waals surface area contributed by atoms with Crippen LogP contribution in [0.1, 0.15) is 74.4 Å². The Morgan fingerprint density at radius 3 is 2.45 bits per heavy atom. The SMILES string of the molecule is CCCCCCC(=O)Oc1cccc(C(=O)CC[NH2+]C(C)C(O)c2ccccc2)c1.[Cl-]. The molecule has 6 heteroatoms. The zero-order valence-electron chi connectivity index (χ0n) is 18.4. The molecule has 0 saturated carbocycles. The van der Waals surface area contributed by atoms with Crippen LogP contribution >= 0.6 is 0 Å². The van der Waals surface area contributed by atoms with Crippen LogP contribution in [0.25, 0.3) is 0 Å². The molecule has 5 nitrogen and oxygen atoms in total. The summed E-state index contributed by atoms with van der Waals surface area (Å²) in [7, 11) is 0. The fraction of sp³-hybridized carbons (Fsp3) is 0.440. The molecule has 0 radical (unpaired) electrons. The van der Waals surface area contributed by atoms with Crippen molar-refractivity contribution in [1.29, 1.82) is 0 Å². The van der Waals surface area contributed by atoms with Crippen LogP contribution in [0.3, 0.4) is 0 Å². The molecule has 2 atom stereocenters. The van der Waals surface area contributed by atoms with E-state index in [2.05, 4.69) is 6.92 Å². The molecule has 0 aliphatic heterocycles. The van der Waals surface area contributed by atoms with E-state index in [0.717, 1.165) is 31.2 Å². The standard InChI is InChI=1S/C25H33NO4.ClH/c1-3-4-5-9-15-24(28)30-22-14-10-13-21(18-22)23(27)16-17-26-19(2)25(29)20-11-7-6-8-12-20;/h6-8,10-14,18-19,25-26,29H,3-5,9,15-17H2,1-2H3;1H. The van der Waals surface area contributed by atoms with Crippen LogP contribution in [0.4, 0.5) is 0 Å². The van der Waals surface area contributed by atoms with E-state index in [9.17, 15) is 14.7 Å². The van der Waals surface area contributed by atoms with Crippen molar-refractivity contribution in [3.8, 4) is 5.75 Å². The highest BCUT2D eigenvalue weighted by Crippen LogP contribution is 2.16. The summed E-state index contributed by atoms with van der Waals surface area (Å²) in [6.45, 7) is 4.65. The molecule has 2 aromatic carbocycles. The number of halogens is 1. The largest absolute Gasteiger partial charge is 1.00 e. The summed E-state index contributed by atoms with van der Waals surface area (Å²) in [4.78, 5) is 24.5. The van der Waals surface area contributed by atoms with E-state index in [1.807, 2.05) is 42.6 Å². The van der Waals surface area contributed by atoms with E-state index in [4.69, 9.17) is 4.74 Å². The number of rotatable bonds is 13. The Morgan fingerprint density at radius 1 is 1.00 bits per heavy atom. The zero-order valence-corrected chi connectivity index (χ0v) is 19.2. The molecule has 0 bridgehead atoms. The quantitative estimate of drug-likeness (QED) is 0.206. The number of hydrogen-bond donors (Lipinski definition) is 2. The molecule has 0 aromatic heterocycles. The Labute approximate surface area is 191 Å². The Morgan fingerprint density at radius 2 is 1.74 bits per heavy atom. The topological polar surface area (TPSA) is 80.2 Å². The normalized spacial score (nSPS) is 12.5. The highest BCUT2D eigenvalue weighted by molar-refractivity contribution is 5.96. The Kier molecular flexibility index (Phi) is 12.8. The fourth-order valence-electron chi connectivity index (χ4n) is 3.32. The summed E-state index contributed by atoms with van der Waals surface area (Å²) >= 11 is 0. The van der Waals surface area contributed by atoms with Gasteiger partial charge in [0, 0.05) is 12.0 Å². The summed E-state index contributed by atoms with van der Waals surface area (Å²) < 4.78 is 5.38. The van der Waals surface area contributed by atoms with Crippen molar-refractivity contribution in [3.05, 3.63) is 65.7 Å². The van der Waals surface area contributed by atoms with Crippen molar-refractivity contribution in [1.82, 2.24) is 0 Å². The van der Waals surface area contributed by atoms with E-state index in [-0.39, 0.29) is 30.2 Å². The second-order valence-electron chi connectivity index (χ2n) is 7.72. The second kappa shape index (κ2) is 14.7. The first-order valence-corrected chi connectivity index (χ1v) is 10.9. The maximum atomic E-state index is 12.5. The average molecular weight is 448 g/mol. The molecular formula is C25H34ClNO4. The molecular weight excluding hydrogens is 414 g/mol. The van der Waals surface area contributed by atoms with Gasteiger partial charge in [0.25, 0.3) is 0 Å². The molecule has 0 saturated heterocycles. The number of benzene rings is 2. The van der Waals surface area contributed by atoms with Crippen LogP contribution in [0.15, 0.2) is 54.6 Å². The van der Waals surface area contributed by atoms with Crippen molar-refractivity contribution in [2.45, 2.75) is 64.5 Å². The number of hydrogen-bond acceptors (Lipinski definition) is 4. The van der Waals surface area contributed by atoms with Crippen molar-refractivity contribution < 1.29 is 37.2 Å². The summed E-state index contributed by atoms with van der Waals surface area (Å²) in [5.74, 6) is 0.152. The predicted molar refractivity (Wildman–Crippen MR) is 117 cm³/mol. The summed E-state index contributed by atoms with van der Waals surface area (Å²) in [6.07, 6.45) is 4.26. The van der Waals surface area contributed by atoms with Crippen molar-refractivity contribution in [2.24, 2.45) is 0 Å². The lowest BCUT2D eigenvalue weighted by Crippen LogP contribution is -3.00. The van der Waals surface area contributed by atoms with Gasteiger partial charge in [0.1, 0.15) is 17.9 Å². The first-order chi connectivity index (χ1) is 14.5. The number of nitrogens with two attached hydrogens (primary N) is 1. The van der Waals surface area contributed by atoms with Crippen molar-refractivity contribution >= 4 is 11.8 Å². The maximum Gasteiger partial charge on any atom is 0.311 e. The number of carbonyl (C=O) groups is 2. The first-order valence-electron chi connectivity index (χ1n) is 10.9. The highest BCUT2D eigenvalue weighted by Gasteiger charge is 2.19. The van der Waals surface area contributed by atoms with Gasteiger partial charge in [-0.1, -0.05) is 68.7 Å². The van der Waals surface area contributed by atoms with Gasteiger partial charge in [0.15, 0.2) is 5.78 Å². The van der Waals surface area contributed by atoms with Gasteiger partial charge in [0.2, 0.25) is 0 Å². The zero-order chi connectivity index (χ0) is 21.8. The second-order valence-corrected chi connectivity index (χ2v) is 7.72. The number of aliphatic hydroxyl groups excluding tert-OH is 1. The van der Waals surface area contributed by atoms with Gasteiger partial charge in [-0.15, -0.1) is 0 Å². The number of carbonyl (C=O) groups excluding carboxylic acids is 2. The summed E-state index contributed by atoms with van der Waals surface area (Å²) in [5.41, 5.74) is 1.41. The van der Waals surface area contributed by atoms with Gasteiger partial charge in [0.05, 0.1) is 13.0 Å². The van der Waals surface area contributed by atoms with Crippen molar-refractivity contribution in [2.75, 3.05) is 6.54 Å². The molecule has 0 spiro atoms. The van der Waals surface area contributed by atoms with Crippen LogP contribution in [0.5, 0.6) is 5.75 Å². The van der Waals surface area contributed by atoms with Gasteiger partial charge >= 0.3 is 5.97 Å². The third kappa shape index (κ3) is 9.64. The number of Topliss-reactive ketones (excluding diaryl/α,β-unsaturated/α-hetero) is 1. The van der Waals surface area contributed by atoms with Gasteiger partial charge in [-0.25, -0.2) is 0 Å². The van der Waals surface area contributed by atoms with Crippen LogP contribution in [-0.4, -0.2) is 29.4 Å². The van der Waals surface area contributed by atoms with E-state index < -0.39 is 6.10 Å². The third-order valence-electron chi connectivity index (χ3n) is 5.17. The Balaban J connectivity index is 0.00000480. The van der Waals surface area contributed by atoms with Crippen molar-refractivity contribution in [3.63, 3.8) is 0 Å². The lowest BCUT2D eigenvalue weighted by Gasteiger charge is -2.17. The number of ketones is 1.